The van der Waals surface area contributed by atoms with Gasteiger partial charge < -0.3 is 23.7 Å². The Morgan fingerprint density at radius 1 is 0.321 bits per heavy atom. The number of ether oxygens (including phenoxy) is 5. The third-order valence-corrected chi connectivity index (χ3v) is 18.5. The molecule has 1 aliphatic heterocycles. The van der Waals surface area contributed by atoms with Gasteiger partial charge >= 0.3 is 0 Å². The van der Waals surface area contributed by atoms with Crippen molar-refractivity contribution in [1.29, 1.82) is 5.26 Å². The molecule has 0 aliphatic carbocycles. The number of halogens is 3. The Bertz CT molecular complexity index is 4150. The summed E-state index contributed by atoms with van der Waals surface area (Å²) >= 11 is 5.92. The summed E-state index contributed by atoms with van der Waals surface area (Å²) in [4.78, 5) is 0. The summed E-state index contributed by atoms with van der Waals surface area (Å²) in [6.07, 6.45) is 0. The largest absolute Gasteiger partial charge is 0.497 e. The van der Waals surface area contributed by atoms with Crippen LogP contribution in [0.15, 0.2) is 218 Å². The van der Waals surface area contributed by atoms with Gasteiger partial charge in [-0.2, -0.15) is 5.26 Å². The third-order valence-electron chi connectivity index (χ3n) is 18.1. The molecule has 10 aromatic rings. The van der Waals surface area contributed by atoms with E-state index in [-0.39, 0.29) is 5.92 Å². The first-order valence-electron chi connectivity index (χ1n) is 38.7. The van der Waals surface area contributed by atoms with E-state index in [2.05, 4.69) is 287 Å². The Kier molecular flexibility index (Phi) is 45.1. The molecule has 0 amide bonds. The van der Waals surface area contributed by atoms with Crippen LogP contribution in [0, 0.1) is 57.6 Å². The highest BCUT2D eigenvalue weighted by atomic mass is 35.5. The molecule has 0 saturated heterocycles. The van der Waals surface area contributed by atoms with Crippen LogP contribution in [-0.4, -0.2) is 28.1 Å². The van der Waals surface area contributed by atoms with E-state index in [1.165, 1.54) is 90.0 Å². The fraction of sp³-hybridized carbons (Fsp3) is 0.390. The van der Waals surface area contributed by atoms with Gasteiger partial charge in [0.05, 0.1) is 33.0 Å². The molecule has 11 rings (SSSR count). The van der Waals surface area contributed by atoms with Crippen LogP contribution in [0.3, 0.4) is 0 Å². The van der Waals surface area contributed by atoms with E-state index in [1.54, 1.807) is 21.3 Å². The molecule has 1 heterocycles. The lowest BCUT2D eigenvalue weighted by Gasteiger charge is -2.11. The summed E-state index contributed by atoms with van der Waals surface area (Å²) < 4.78 is 51.0. The van der Waals surface area contributed by atoms with Crippen molar-refractivity contribution < 1.29 is 32.5 Å². The minimum Gasteiger partial charge on any atom is -0.497 e. The van der Waals surface area contributed by atoms with Gasteiger partial charge in [0, 0.05) is 11.1 Å². The summed E-state index contributed by atoms with van der Waals surface area (Å²) in [5.74, 6) is 8.69. The second-order valence-corrected chi connectivity index (χ2v) is 30.9. The van der Waals surface area contributed by atoms with E-state index in [9.17, 15) is 8.78 Å². The van der Waals surface area contributed by atoms with Gasteiger partial charge in [0.2, 0.25) is 6.79 Å². The molecule has 0 aromatic heterocycles. The summed E-state index contributed by atoms with van der Waals surface area (Å²) in [7, 11) is 4.99. The second-order valence-electron chi connectivity index (χ2n) is 30.5. The molecule has 0 fully saturated rings. The quantitative estimate of drug-likeness (QED) is 0.115. The molecule has 0 saturated carbocycles. The van der Waals surface area contributed by atoms with Crippen molar-refractivity contribution in [2.75, 3.05) is 28.1 Å². The number of nitriles is 1. The average Bonchev–Trinajstić information content (AvgIpc) is 1.71. The SMILES string of the molecule is CC(C)c1cc(F)cc(F)c1.CC(C)c1ccc2c(c1)OCO2.CC(C)c1cccc(C#N)c1.CC(C)c1ccccc1Cl.COc1ccc(C(C)C)cc1.COc1ccc(C(C)C)cc1OC.Cc1ccc(C(C)C)cc1.Cc1ccc(C(C)C)cc1C.Cc1cccc(C(C)C)c1.Cc1ccccc1C(C)C. The van der Waals surface area contributed by atoms with Crippen LogP contribution in [0.4, 0.5) is 8.78 Å². The van der Waals surface area contributed by atoms with Gasteiger partial charge in [0.1, 0.15) is 17.4 Å². The van der Waals surface area contributed by atoms with Crippen molar-refractivity contribution >= 4 is 11.6 Å². The standard InChI is InChI=1S/C11H16O2.C11H16.C10H11N.C10H12O2.C10H14O.3C10H14.C9H11Cl.C9H10F2/c1-8(2)9-5-6-10(12-3)11(7-9)13-4;1-8(2)11-6-5-9(3)10(4)7-11;1-8(2)10-5-3-4-9(6-10)7-11;1-7(2)8-3-4-9-10(5-8)12-6-11-9;1-8(2)9-4-6-10(11-3)7-5-9;1-8(2)10-6-4-9(3)5-7-10;1-8(2)10-6-4-5-9(3)7-10;1-8(2)10-7-5-4-6-9(10)3;1-7(2)8-5-3-4-6-9(8)10;1-6(2)7-3-8(10)5-9(11)4-7/h5-8H,1-4H3;5-8H,1-4H3;3-6,8H,1-2H3;3-5,7H,6H2,1-2H3;4-8H,1-3H3;3*4-8H,1-3H3;3-7H,1-2H3;3-6H,1-2H3. The topological polar surface area (TPSA) is 69.9 Å². The first-order chi connectivity index (χ1) is 51.5. The van der Waals surface area contributed by atoms with Gasteiger partial charge in [-0.05, 0) is 233 Å². The first kappa shape index (κ1) is 95.9. The Morgan fingerprint density at radius 3 is 1.17 bits per heavy atom. The predicted octanol–water partition coefficient (Wildman–Crippen LogP) is 30.2. The number of fused-ring (bicyclic) bond motifs is 1. The Labute approximate surface area is 664 Å². The normalized spacial score (nSPS) is 10.7. The van der Waals surface area contributed by atoms with Gasteiger partial charge in [-0.3, -0.25) is 0 Å². The zero-order valence-electron chi connectivity index (χ0n) is 71.4. The summed E-state index contributed by atoms with van der Waals surface area (Å²) in [5, 5.41) is 9.47. The van der Waals surface area contributed by atoms with E-state index in [0.717, 1.165) is 45.4 Å². The summed E-state index contributed by atoms with van der Waals surface area (Å²) in [6.45, 7) is 54.2. The molecule has 0 N–H and O–H groups in total. The molecule has 0 unspecified atom stereocenters. The van der Waals surface area contributed by atoms with E-state index in [4.69, 9.17) is 40.5 Å². The second kappa shape index (κ2) is 51.3. The number of nitrogens with zero attached hydrogens (tertiary/aromatic N) is 1. The van der Waals surface area contributed by atoms with Crippen molar-refractivity contribution in [1.82, 2.24) is 0 Å². The van der Waals surface area contributed by atoms with Gasteiger partial charge in [-0.15, -0.1) is 0 Å². The van der Waals surface area contributed by atoms with Crippen LogP contribution >= 0.6 is 11.6 Å². The maximum atomic E-state index is 12.5. The monoisotopic (exact) mass is 1500 g/mol. The van der Waals surface area contributed by atoms with Gasteiger partial charge in [0.15, 0.2) is 23.0 Å². The zero-order valence-corrected chi connectivity index (χ0v) is 72.1. The van der Waals surface area contributed by atoms with Crippen molar-refractivity contribution in [3.63, 3.8) is 0 Å². The minimum atomic E-state index is -0.506. The van der Waals surface area contributed by atoms with E-state index in [1.807, 2.05) is 92.7 Å². The molecule has 0 atom stereocenters. The summed E-state index contributed by atoms with van der Waals surface area (Å²) in [5.41, 5.74) is 20.4. The van der Waals surface area contributed by atoms with E-state index in [0.29, 0.717) is 65.6 Å². The molecule has 9 heteroatoms. The van der Waals surface area contributed by atoms with Gasteiger partial charge in [-0.25, -0.2) is 8.78 Å². The van der Waals surface area contributed by atoms with Crippen LogP contribution in [-0.2, 0) is 0 Å². The molecule has 588 valence electrons. The van der Waals surface area contributed by atoms with Crippen LogP contribution in [0.2, 0.25) is 5.02 Å². The molecule has 0 spiro atoms. The third kappa shape index (κ3) is 37.2. The van der Waals surface area contributed by atoms with Crippen molar-refractivity contribution in [2.24, 2.45) is 0 Å². The van der Waals surface area contributed by atoms with Crippen LogP contribution in [0.25, 0.3) is 0 Å². The number of hydrogen-bond acceptors (Lipinski definition) is 6. The summed E-state index contributed by atoms with van der Waals surface area (Å²) in [6, 6.07) is 74.3. The Morgan fingerprint density at radius 2 is 0.743 bits per heavy atom. The molecule has 109 heavy (non-hydrogen) atoms. The smallest absolute Gasteiger partial charge is 0.231 e. The van der Waals surface area contributed by atoms with Crippen LogP contribution < -0.4 is 23.7 Å². The maximum absolute atomic E-state index is 12.5. The maximum Gasteiger partial charge on any atom is 0.231 e. The molecule has 10 aromatic carbocycles. The number of aryl methyl sites for hydroxylation is 5. The lowest BCUT2D eigenvalue weighted by molar-refractivity contribution is 0.174. The molecule has 0 radical (unpaired) electrons. The molecule has 6 nitrogen and oxygen atoms in total. The molecule has 1 aliphatic rings. The van der Waals surface area contributed by atoms with Crippen molar-refractivity contribution in [3.05, 3.63) is 324 Å². The predicted molar refractivity (Wildman–Crippen MR) is 464 cm³/mol. The van der Waals surface area contributed by atoms with Gasteiger partial charge in [-0.1, -0.05) is 307 Å². The minimum absolute atomic E-state index is 0.167. The number of rotatable bonds is 13. The molecule has 0 bridgehead atoms. The average molecular weight is 1500 g/mol. The highest BCUT2D eigenvalue weighted by Gasteiger charge is 2.14. The zero-order chi connectivity index (χ0) is 82.0. The fourth-order valence-corrected chi connectivity index (χ4v) is 11.0. The van der Waals surface area contributed by atoms with Crippen molar-refractivity contribution in [2.45, 2.75) is 232 Å². The Balaban J connectivity index is 0.000000412. The number of benzene rings is 10. The van der Waals surface area contributed by atoms with Crippen LogP contribution in [0.1, 0.15) is 287 Å². The van der Waals surface area contributed by atoms with E-state index >= 15 is 0 Å². The number of hydrogen-bond donors (Lipinski definition) is 0. The highest BCUT2D eigenvalue weighted by Crippen LogP contribution is 2.35. The molecular weight excluding hydrogens is 1370 g/mol. The lowest BCUT2D eigenvalue weighted by atomic mass is 9.99. The number of methoxy groups -OCH3 is 3. The fourth-order valence-electron chi connectivity index (χ4n) is 10.6. The van der Waals surface area contributed by atoms with E-state index < -0.39 is 11.6 Å². The highest BCUT2D eigenvalue weighted by molar-refractivity contribution is 6.31. The lowest BCUT2D eigenvalue weighted by Crippen LogP contribution is -1.93. The van der Waals surface area contributed by atoms with Gasteiger partial charge in [0.25, 0.3) is 0 Å². The van der Waals surface area contributed by atoms with Crippen LogP contribution in [0.5, 0.6) is 28.7 Å². The first-order valence-corrected chi connectivity index (χ1v) is 39.1. The Hall–Kier alpha value is -9.16. The molecular formula is C100H132ClF2NO5. The van der Waals surface area contributed by atoms with Crippen molar-refractivity contribution in [3.8, 4) is 34.8 Å².